The molecule has 13 heteroatoms. The van der Waals surface area contributed by atoms with Crippen LogP contribution in [0.4, 0.5) is 5.82 Å². The summed E-state index contributed by atoms with van der Waals surface area (Å²) < 4.78 is 16.3. The molecule has 1 atom stereocenters. The molecule has 0 aromatic carbocycles. The first-order valence-corrected chi connectivity index (χ1v) is 7.85. The predicted molar refractivity (Wildman–Crippen MR) is 76.7 cm³/mol. The fraction of sp³-hybridized carbons (Fsp3) is 0.400. The van der Waals surface area contributed by atoms with Gasteiger partial charge in [-0.2, -0.15) is 0 Å². The third kappa shape index (κ3) is 4.68. The summed E-state index contributed by atoms with van der Waals surface area (Å²) in [7, 11) is -4.68. The van der Waals surface area contributed by atoms with E-state index in [9.17, 15) is 9.36 Å². The minimum atomic E-state index is -4.68. The van der Waals surface area contributed by atoms with Crippen molar-refractivity contribution in [2.45, 2.75) is 12.6 Å². The number of rotatable bonds is 7. The predicted octanol–water partition coefficient (Wildman–Crippen LogP) is -2.01. The Bertz CT molecular complexity index is 745. The molecule has 126 valence electrons. The molecule has 0 fully saturated rings. The van der Waals surface area contributed by atoms with Crippen LogP contribution < -0.4 is 11.1 Å². The van der Waals surface area contributed by atoms with E-state index in [4.69, 9.17) is 20.6 Å². The van der Waals surface area contributed by atoms with Crippen LogP contribution >= 0.6 is 7.82 Å². The van der Waals surface area contributed by atoms with Gasteiger partial charge in [0.05, 0.1) is 25.6 Å². The molecule has 0 radical (unpaired) electrons. The second kappa shape index (κ2) is 6.98. The number of phosphoric acid groups is 1. The van der Waals surface area contributed by atoms with Crippen molar-refractivity contribution in [2.75, 3.05) is 18.9 Å². The summed E-state index contributed by atoms with van der Waals surface area (Å²) in [6, 6.07) is -0.968. The molecule has 0 aliphatic heterocycles. The van der Waals surface area contributed by atoms with Crippen LogP contribution in [0, 0.1) is 0 Å². The molecule has 0 spiro atoms. The van der Waals surface area contributed by atoms with E-state index in [1.807, 2.05) is 0 Å². The van der Waals surface area contributed by atoms with E-state index in [0.29, 0.717) is 11.2 Å². The molecule has 2 rings (SSSR count). The van der Waals surface area contributed by atoms with Crippen molar-refractivity contribution >= 4 is 30.7 Å². The van der Waals surface area contributed by atoms with E-state index < -0.39 is 33.0 Å². The lowest BCUT2D eigenvalue weighted by Gasteiger charge is -2.16. The molecule has 0 aliphatic rings. The van der Waals surface area contributed by atoms with Gasteiger partial charge >= 0.3 is 7.82 Å². The van der Waals surface area contributed by atoms with Gasteiger partial charge in [-0.25, -0.2) is 19.5 Å². The van der Waals surface area contributed by atoms with Crippen LogP contribution in [0.15, 0.2) is 12.7 Å². The number of imidazole rings is 1. The van der Waals surface area contributed by atoms with Crippen molar-refractivity contribution in [3.05, 3.63) is 12.7 Å². The largest absolute Gasteiger partial charge is 0.469 e. The van der Waals surface area contributed by atoms with Gasteiger partial charge in [-0.3, -0.25) is 9.32 Å². The van der Waals surface area contributed by atoms with E-state index in [2.05, 4.69) is 24.8 Å². The number of fused-ring (bicyclic) bond motifs is 1. The van der Waals surface area contributed by atoms with E-state index >= 15 is 0 Å². The fourth-order valence-corrected chi connectivity index (χ4v) is 2.14. The molecule has 2 heterocycles. The monoisotopic (exact) mass is 346 g/mol. The molecule has 0 saturated carbocycles. The highest BCUT2D eigenvalue weighted by molar-refractivity contribution is 7.46. The molecule has 12 nitrogen and oxygen atoms in total. The van der Waals surface area contributed by atoms with E-state index in [0.717, 1.165) is 0 Å². The number of hydrogen-bond acceptors (Lipinski definition) is 8. The van der Waals surface area contributed by atoms with Crippen molar-refractivity contribution in [1.29, 1.82) is 0 Å². The normalized spacial score (nSPS) is 13.2. The smallest absolute Gasteiger partial charge is 0.394 e. The van der Waals surface area contributed by atoms with Crippen LogP contribution in [0.3, 0.4) is 0 Å². The number of aromatic nitrogens is 4. The minimum Gasteiger partial charge on any atom is -0.394 e. The Morgan fingerprint density at radius 3 is 2.83 bits per heavy atom. The maximum Gasteiger partial charge on any atom is 0.469 e. The standard InChI is InChI=1S/C10H15N6O6P/c11-9-8-10(13-4-12-9)16(5-14-8)1-7(18)15-6(2-17)3-22-23(19,20)21/h4-6,17H,1-3H2,(H,15,18)(H2,11,12,13)(H2,19,20,21)/t6-/m1/s1. The topological polar surface area (TPSA) is 186 Å². The van der Waals surface area contributed by atoms with E-state index in [-0.39, 0.29) is 12.4 Å². The Labute approximate surface area is 129 Å². The number of nitrogens with one attached hydrogen (secondary N) is 1. The zero-order valence-electron chi connectivity index (χ0n) is 11.7. The highest BCUT2D eigenvalue weighted by Crippen LogP contribution is 2.35. The first-order valence-electron chi connectivity index (χ1n) is 6.32. The summed E-state index contributed by atoms with van der Waals surface area (Å²) in [5, 5.41) is 11.5. The number of carbonyl (C=O) groups excluding carboxylic acids is 1. The lowest BCUT2D eigenvalue weighted by atomic mass is 10.3. The molecular formula is C10H15N6O6P. The number of nitrogens with two attached hydrogens (primary N) is 1. The number of anilines is 1. The number of amides is 1. The van der Waals surface area contributed by atoms with Gasteiger partial charge in [0.15, 0.2) is 11.5 Å². The zero-order chi connectivity index (χ0) is 17.0. The lowest BCUT2D eigenvalue weighted by Crippen LogP contribution is -2.42. The van der Waals surface area contributed by atoms with Gasteiger partial charge in [0, 0.05) is 0 Å². The number of hydrogen-bond donors (Lipinski definition) is 5. The Morgan fingerprint density at radius 2 is 2.17 bits per heavy atom. The van der Waals surface area contributed by atoms with Gasteiger partial charge in [0.1, 0.15) is 18.4 Å². The molecule has 6 N–H and O–H groups in total. The fourth-order valence-electron chi connectivity index (χ4n) is 1.77. The molecule has 1 amide bonds. The van der Waals surface area contributed by atoms with Crippen molar-refractivity contribution < 1.29 is 28.8 Å². The highest BCUT2D eigenvalue weighted by atomic mass is 31.2. The Morgan fingerprint density at radius 1 is 1.43 bits per heavy atom. The number of phosphoric ester groups is 1. The lowest BCUT2D eigenvalue weighted by molar-refractivity contribution is -0.123. The molecule has 0 bridgehead atoms. The maximum absolute atomic E-state index is 11.9. The summed E-state index contributed by atoms with van der Waals surface area (Å²) >= 11 is 0. The molecule has 0 aliphatic carbocycles. The second-order valence-corrected chi connectivity index (χ2v) is 5.78. The number of aliphatic hydroxyl groups excluding tert-OH is 1. The van der Waals surface area contributed by atoms with Crippen LogP contribution in [-0.2, 0) is 20.4 Å². The summed E-state index contributed by atoms with van der Waals surface area (Å²) in [5.74, 6) is -0.354. The summed E-state index contributed by atoms with van der Waals surface area (Å²) in [6.45, 7) is -1.27. The molecule has 0 saturated heterocycles. The van der Waals surface area contributed by atoms with Gasteiger partial charge in [0.25, 0.3) is 0 Å². The van der Waals surface area contributed by atoms with Crippen LogP contribution in [0.1, 0.15) is 0 Å². The number of nitrogen functional groups attached to an aromatic ring is 1. The quantitative estimate of drug-likeness (QED) is 0.351. The highest BCUT2D eigenvalue weighted by Gasteiger charge is 2.20. The Hall–Kier alpha value is -2.11. The van der Waals surface area contributed by atoms with E-state index in [1.165, 1.54) is 17.2 Å². The van der Waals surface area contributed by atoms with Gasteiger partial charge in [-0.1, -0.05) is 0 Å². The molecular weight excluding hydrogens is 331 g/mol. The van der Waals surface area contributed by atoms with Crippen molar-refractivity contribution in [2.24, 2.45) is 0 Å². The van der Waals surface area contributed by atoms with Gasteiger partial charge in [0.2, 0.25) is 5.91 Å². The van der Waals surface area contributed by atoms with Gasteiger partial charge in [-0.05, 0) is 0 Å². The summed E-state index contributed by atoms with van der Waals surface area (Å²) in [4.78, 5) is 40.9. The summed E-state index contributed by atoms with van der Waals surface area (Å²) in [6.07, 6.45) is 2.59. The number of nitrogens with zero attached hydrogens (tertiary/aromatic N) is 4. The third-order valence-electron chi connectivity index (χ3n) is 2.77. The number of aliphatic hydroxyl groups is 1. The average molecular weight is 346 g/mol. The minimum absolute atomic E-state index is 0.178. The summed E-state index contributed by atoms with van der Waals surface area (Å²) in [5.41, 5.74) is 6.34. The Balaban J connectivity index is 2.00. The first kappa shape index (κ1) is 17.2. The molecule has 2 aromatic rings. The van der Waals surface area contributed by atoms with Crippen LogP contribution in [0.2, 0.25) is 0 Å². The van der Waals surface area contributed by atoms with Crippen LogP contribution in [-0.4, -0.2) is 59.6 Å². The molecule has 23 heavy (non-hydrogen) atoms. The third-order valence-corrected chi connectivity index (χ3v) is 3.26. The SMILES string of the molecule is Nc1ncnc2c1ncn2CC(=O)N[C@H](CO)COP(=O)(O)O. The second-order valence-electron chi connectivity index (χ2n) is 4.54. The number of carbonyl (C=O) groups is 1. The first-order chi connectivity index (χ1) is 10.8. The maximum atomic E-state index is 11.9. The molecule has 2 aromatic heterocycles. The van der Waals surface area contributed by atoms with E-state index in [1.54, 1.807) is 0 Å². The molecule has 0 unspecified atom stereocenters. The van der Waals surface area contributed by atoms with Crippen molar-refractivity contribution in [1.82, 2.24) is 24.8 Å². The zero-order valence-corrected chi connectivity index (χ0v) is 12.6. The van der Waals surface area contributed by atoms with Crippen LogP contribution in [0.25, 0.3) is 11.2 Å². The van der Waals surface area contributed by atoms with Gasteiger partial charge < -0.3 is 30.5 Å². The Kier molecular flexibility index (Phi) is 5.23. The van der Waals surface area contributed by atoms with Gasteiger partial charge in [-0.15, -0.1) is 0 Å². The van der Waals surface area contributed by atoms with Crippen LogP contribution in [0.5, 0.6) is 0 Å². The van der Waals surface area contributed by atoms with Crippen molar-refractivity contribution in [3.63, 3.8) is 0 Å². The average Bonchev–Trinajstić information content (AvgIpc) is 2.87. The van der Waals surface area contributed by atoms with Crippen molar-refractivity contribution in [3.8, 4) is 0 Å².